The summed E-state index contributed by atoms with van der Waals surface area (Å²) in [6.07, 6.45) is 5.98. The molecule has 3 rings (SSSR count). The summed E-state index contributed by atoms with van der Waals surface area (Å²) in [7, 11) is -3.54. The van der Waals surface area contributed by atoms with Crippen LogP contribution in [0, 0.1) is 5.92 Å². The lowest BCUT2D eigenvalue weighted by Crippen LogP contribution is -2.43. The molecule has 1 atom stereocenters. The van der Waals surface area contributed by atoms with Crippen molar-refractivity contribution in [1.82, 2.24) is 14.6 Å². The molecule has 3 heterocycles. The van der Waals surface area contributed by atoms with Crippen LogP contribution in [0.25, 0.3) is 0 Å². The van der Waals surface area contributed by atoms with E-state index in [0.29, 0.717) is 19.6 Å². The predicted octanol–water partition coefficient (Wildman–Crippen LogP) is 1.51. The summed E-state index contributed by atoms with van der Waals surface area (Å²) in [5, 5.41) is 2.80. The fourth-order valence-corrected chi connectivity index (χ4v) is 4.31. The third-order valence-corrected chi connectivity index (χ3v) is 5.90. The number of aromatic nitrogens is 1. The van der Waals surface area contributed by atoms with E-state index in [-0.39, 0.29) is 22.5 Å². The highest BCUT2D eigenvalue weighted by molar-refractivity contribution is 7.89. The van der Waals surface area contributed by atoms with E-state index in [9.17, 15) is 13.2 Å². The maximum Gasteiger partial charge on any atom is 0.286 e. The average Bonchev–Trinajstić information content (AvgIpc) is 3.15. The summed E-state index contributed by atoms with van der Waals surface area (Å²) >= 11 is 0. The van der Waals surface area contributed by atoms with E-state index in [1.165, 1.54) is 16.8 Å². The molecule has 1 saturated heterocycles. The first kappa shape index (κ1) is 16.7. The van der Waals surface area contributed by atoms with E-state index in [1.54, 1.807) is 30.5 Å². The topological polar surface area (TPSA) is 92.5 Å². The van der Waals surface area contributed by atoms with Crippen LogP contribution in [0.3, 0.4) is 0 Å². The zero-order chi connectivity index (χ0) is 17.0. The Morgan fingerprint density at radius 1 is 1.38 bits per heavy atom. The van der Waals surface area contributed by atoms with Gasteiger partial charge < -0.3 is 9.73 Å². The van der Waals surface area contributed by atoms with Crippen LogP contribution in [-0.2, 0) is 10.0 Å². The molecular weight excluding hydrogens is 330 g/mol. The maximum atomic E-state index is 12.6. The highest BCUT2D eigenvalue weighted by atomic mass is 32.2. The first-order chi connectivity index (χ1) is 11.6. The summed E-state index contributed by atoms with van der Waals surface area (Å²) in [4.78, 5) is 16.0. The minimum atomic E-state index is -3.54. The molecule has 7 nitrogen and oxygen atoms in total. The molecule has 0 unspecified atom stereocenters. The van der Waals surface area contributed by atoms with Gasteiger partial charge in [0.1, 0.15) is 4.90 Å². The Labute approximate surface area is 140 Å². The number of nitrogens with one attached hydrogen (secondary N) is 1. The largest absolute Gasteiger partial charge is 0.459 e. The van der Waals surface area contributed by atoms with Gasteiger partial charge in [-0.25, -0.2) is 8.42 Å². The van der Waals surface area contributed by atoms with Crippen LogP contribution in [0.15, 0.2) is 52.2 Å². The second-order valence-electron chi connectivity index (χ2n) is 5.75. The summed E-state index contributed by atoms with van der Waals surface area (Å²) in [5.41, 5.74) is 0. The van der Waals surface area contributed by atoms with E-state index in [2.05, 4.69) is 10.3 Å². The lowest BCUT2D eigenvalue weighted by Gasteiger charge is -2.31. The van der Waals surface area contributed by atoms with Crippen LogP contribution in [0.5, 0.6) is 0 Å². The van der Waals surface area contributed by atoms with Gasteiger partial charge >= 0.3 is 0 Å². The molecule has 24 heavy (non-hydrogen) atoms. The molecule has 0 spiro atoms. The molecule has 1 aliphatic rings. The van der Waals surface area contributed by atoms with Crippen molar-refractivity contribution in [3.05, 3.63) is 48.7 Å². The van der Waals surface area contributed by atoms with E-state index in [0.717, 1.165) is 12.8 Å². The SMILES string of the molecule is O=C(NC[C@@H]1CCCN(S(=O)(=O)c2cccnc2)C1)c1ccco1. The summed E-state index contributed by atoms with van der Waals surface area (Å²) in [5.74, 6) is 0.0435. The second kappa shape index (κ2) is 7.14. The summed E-state index contributed by atoms with van der Waals surface area (Å²) in [6.45, 7) is 1.29. The number of amides is 1. The minimum Gasteiger partial charge on any atom is -0.459 e. The van der Waals surface area contributed by atoms with Crippen LogP contribution in [0.1, 0.15) is 23.4 Å². The van der Waals surface area contributed by atoms with Gasteiger partial charge in [-0.1, -0.05) is 0 Å². The number of nitrogens with zero attached hydrogens (tertiary/aromatic N) is 2. The number of piperidine rings is 1. The Hall–Kier alpha value is -2.19. The fraction of sp³-hybridized carbons (Fsp3) is 0.375. The zero-order valence-electron chi connectivity index (χ0n) is 13.1. The molecule has 8 heteroatoms. The Morgan fingerprint density at radius 2 is 2.25 bits per heavy atom. The van der Waals surface area contributed by atoms with Gasteiger partial charge in [0.05, 0.1) is 6.26 Å². The molecule has 2 aromatic rings. The highest BCUT2D eigenvalue weighted by Gasteiger charge is 2.30. The predicted molar refractivity (Wildman–Crippen MR) is 86.8 cm³/mol. The molecule has 0 bridgehead atoms. The Kier molecular flexibility index (Phi) is 4.96. The van der Waals surface area contributed by atoms with Crippen molar-refractivity contribution in [3.63, 3.8) is 0 Å². The van der Waals surface area contributed by atoms with Gasteiger partial charge in [-0.15, -0.1) is 0 Å². The average molecular weight is 349 g/mol. The van der Waals surface area contributed by atoms with Gasteiger partial charge in [0.25, 0.3) is 5.91 Å². The van der Waals surface area contributed by atoms with Crippen molar-refractivity contribution >= 4 is 15.9 Å². The van der Waals surface area contributed by atoms with Crippen molar-refractivity contribution < 1.29 is 17.6 Å². The fourth-order valence-electron chi connectivity index (χ4n) is 2.79. The normalized spacial score (nSPS) is 19.1. The van der Waals surface area contributed by atoms with Crippen molar-refractivity contribution in [2.45, 2.75) is 17.7 Å². The molecule has 1 aliphatic heterocycles. The number of carbonyl (C=O) groups is 1. The Bertz CT molecular complexity index is 775. The first-order valence-electron chi connectivity index (χ1n) is 7.79. The van der Waals surface area contributed by atoms with Gasteiger partial charge in [-0.2, -0.15) is 4.31 Å². The van der Waals surface area contributed by atoms with Gasteiger partial charge in [0.2, 0.25) is 10.0 Å². The molecule has 1 amide bonds. The number of hydrogen-bond acceptors (Lipinski definition) is 5. The molecular formula is C16H19N3O4S. The van der Waals surface area contributed by atoms with Crippen LogP contribution in [0.2, 0.25) is 0 Å². The summed E-state index contributed by atoms with van der Waals surface area (Å²) < 4.78 is 31.8. The zero-order valence-corrected chi connectivity index (χ0v) is 13.9. The van der Waals surface area contributed by atoms with Crippen molar-refractivity contribution in [2.24, 2.45) is 5.92 Å². The molecule has 128 valence electrons. The molecule has 1 fully saturated rings. The standard InChI is InChI=1S/C16H19N3O4S/c20-16(15-6-3-9-23-15)18-10-13-4-2-8-19(12-13)24(21,22)14-5-1-7-17-11-14/h1,3,5-7,9,11,13H,2,4,8,10,12H2,(H,18,20)/t13-/m0/s1. The van der Waals surface area contributed by atoms with Gasteiger partial charge in [0, 0.05) is 32.0 Å². The van der Waals surface area contributed by atoms with Gasteiger partial charge in [0.15, 0.2) is 5.76 Å². The number of hydrogen-bond donors (Lipinski definition) is 1. The minimum absolute atomic E-state index is 0.0732. The van der Waals surface area contributed by atoms with Crippen LogP contribution >= 0.6 is 0 Å². The maximum absolute atomic E-state index is 12.6. The number of sulfonamides is 1. The van der Waals surface area contributed by atoms with E-state index in [4.69, 9.17) is 4.42 Å². The monoisotopic (exact) mass is 349 g/mol. The lowest BCUT2D eigenvalue weighted by molar-refractivity contribution is 0.0913. The second-order valence-corrected chi connectivity index (χ2v) is 7.69. The van der Waals surface area contributed by atoms with Crippen molar-refractivity contribution in [1.29, 1.82) is 0 Å². The van der Waals surface area contributed by atoms with Crippen LogP contribution < -0.4 is 5.32 Å². The molecule has 2 aromatic heterocycles. The van der Waals surface area contributed by atoms with E-state index >= 15 is 0 Å². The van der Waals surface area contributed by atoms with E-state index in [1.807, 2.05) is 0 Å². The van der Waals surface area contributed by atoms with E-state index < -0.39 is 10.0 Å². The number of rotatable bonds is 5. The lowest BCUT2D eigenvalue weighted by atomic mass is 10.00. The number of pyridine rings is 1. The van der Waals surface area contributed by atoms with Crippen molar-refractivity contribution in [3.8, 4) is 0 Å². The Morgan fingerprint density at radius 3 is 2.96 bits per heavy atom. The summed E-state index contributed by atoms with van der Waals surface area (Å²) in [6, 6.07) is 6.40. The Balaban J connectivity index is 1.61. The van der Waals surface area contributed by atoms with Crippen LogP contribution in [-0.4, -0.2) is 43.2 Å². The van der Waals surface area contributed by atoms with Gasteiger partial charge in [-0.05, 0) is 43.0 Å². The van der Waals surface area contributed by atoms with Crippen molar-refractivity contribution in [2.75, 3.05) is 19.6 Å². The van der Waals surface area contributed by atoms with Gasteiger partial charge in [-0.3, -0.25) is 9.78 Å². The third-order valence-electron chi connectivity index (χ3n) is 4.05. The molecule has 0 saturated carbocycles. The number of carbonyl (C=O) groups excluding carboxylic acids is 1. The quantitative estimate of drug-likeness (QED) is 0.883. The highest BCUT2D eigenvalue weighted by Crippen LogP contribution is 2.23. The smallest absolute Gasteiger partial charge is 0.286 e. The molecule has 0 aliphatic carbocycles. The first-order valence-corrected chi connectivity index (χ1v) is 9.23. The molecule has 0 radical (unpaired) electrons. The third kappa shape index (κ3) is 3.65. The molecule has 0 aromatic carbocycles. The number of furan rings is 1. The molecule has 1 N–H and O–H groups in total. The van der Waals surface area contributed by atoms with Crippen LogP contribution in [0.4, 0.5) is 0 Å².